The van der Waals surface area contributed by atoms with Crippen LogP contribution in [-0.4, -0.2) is 16.3 Å². The summed E-state index contributed by atoms with van der Waals surface area (Å²) in [5, 5.41) is 9.53. The molecule has 16 heavy (non-hydrogen) atoms. The zero-order valence-electron chi connectivity index (χ0n) is 9.31. The summed E-state index contributed by atoms with van der Waals surface area (Å²) >= 11 is 1.70. The highest BCUT2D eigenvalue weighted by molar-refractivity contribution is 7.10. The predicted molar refractivity (Wildman–Crippen MR) is 67.4 cm³/mol. The van der Waals surface area contributed by atoms with Crippen LogP contribution in [0.25, 0.3) is 0 Å². The van der Waals surface area contributed by atoms with E-state index in [0.717, 1.165) is 25.2 Å². The van der Waals surface area contributed by atoms with E-state index in [1.165, 1.54) is 10.4 Å². The topological polar surface area (TPSA) is 55.9 Å². The first-order valence-corrected chi connectivity index (χ1v) is 6.14. The first-order chi connectivity index (χ1) is 7.75. The third-order valence-corrected chi connectivity index (χ3v) is 3.35. The molecule has 0 amide bonds. The minimum atomic E-state index is 0.851. The van der Waals surface area contributed by atoms with Gasteiger partial charge in [-0.1, -0.05) is 0 Å². The van der Waals surface area contributed by atoms with Crippen molar-refractivity contribution in [2.75, 3.05) is 12.3 Å². The number of anilines is 1. The van der Waals surface area contributed by atoms with Crippen LogP contribution in [0.3, 0.4) is 0 Å². The summed E-state index contributed by atoms with van der Waals surface area (Å²) in [6.07, 6.45) is 4.95. The van der Waals surface area contributed by atoms with E-state index in [0.29, 0.717) is 0 Å². The number of rotatable bonds is 5. The molecule has 0 radical (unpaired) electrons. The lowest BCUT2D eigenvalue weighted by Crippen LogP contribution is -2.16. The zero-order chi connectivity index (χ0) is 11.4. The van der Waals surface area contributed by atoms with Gasteiger partial charge in [-0.3, -0.25) is 4.68 Å². The number of thiophene rings is 1. The van der Waals surface area contributed by atoms with Crippen LogP contribution in [0.2, 0.25) is 0 Å². The van der Waals surface area contributed by atoms with Gasteiger partial charge in [-0.15, -0.1) is 11.3 Å². The quantitative estimate of drug-likeness (QED) is 0.771. The van der Waals surface area contributed by atoms with Crippen LogP contribution in [0.15, 0.2) is 23.8 Å². The Kier molecular flexibility index (Phi) is 3.58. The molecular formula is C11H16N4S. The Morgan fingerprint density at radius 2 is 2.44 bits per heavy atom. The van der Waals surface area contributed by atoms with Gasteiger partial charge >= 0.3 is 0 Å². The SMILES string of the molecule is Cn1cc(CCNCc2sccc2N)cn1. The maximum Gasteiger partial charge on any atom is 0.0522 e. The summed E-state index contributed by atoms with van der Waals surface area (Å²) in [5.41, 5.74) is 7.94. The van der Waals surface area contributed by atoms with Gasteiger partial charge in [0.1, 0.15) is 0 Å². The molecule has 0 unspecified atom stereocenters. The van der Waals surface area contributed by atoms with Gasteiger partial charge in [-0.25, -0.2) is 0 Å². The van der Waals surface area contributed by atoms with Gasteiger partial charge < -0.3 is 11.1 Å². The van der Waals surface area contributed by atoms with E-state index >= 15 is 0 Å². The first-order valence-electron chi connectivity index (χ1n) is 5.26. The Bertz CT molecular complexity index is 446. The van der Waals surface area contributed by atoms with Crippen molar-refractivity contribution in [3.8, 4) is 0 Å². The summed E-state index contributed by atoms with van der Waals surface area (Å²) in [5.74, 6) is 0. The van der Waals surface area contributed by atoms with E-state index in [1.807, 2.05) is 35.6 Å². The van der Waals surface area contributed by atoms with Gasteiger partial charge in [-0.2, -0.15) is 5.10 Å². The van der Waals surface area contributed by atoms with Gasteiger partial charge in [0, 0.05) is 30.4 Å². The molecule has 86 valence electrons. The van der Waals surface area contributed by atoms with Gasteiger partial charge in [0.2, 0.25) is 0 Å². The lowest BCUT2D eigenvalue weighted by Gasteiger charge is -2.02. The molecule has 0 aliphatic rings. The Hall–Kier alpha value is -1.33. The normalized spacial score (nSPS) is 10.8. The molecule has 0 aromatic carbocycles. The number of nitrogens with zero attached hydrogens (tertiary/aromatic N) is 2. The number of aryl methyl sites for hydroxylation is 1. The number of aromatic nitrogens is 2. The fourth-order valence-electron chi connectivity index (χ4n) is 1.53. The summed E-state index contributed by atoms with van der Waals surface area (Å²) < 4.78 is 1.83. The molecule has 2 aromatic heterocycles. The standard InChI is InChI=1S/C11H16N4S/c1-15-8-9(6-14-15)2-4-13-7-11-10(12)3-5-16-11/h3,5-6,8,13H,2,4,7,12H2,1H3. The highest BCUT2D eigenvalue weighted by Crippen LogP contribution is 2.17. The van der Waals surface area contributed by atoms with Crippen LogP contribution in [0.5, 0.6) is 0 Å². The molecule has 0 aliphatic heterocycles. The van der Waals surface area contributed by atoms with Gasteiger partial charge in [0.15, 0.2) is 0 Å². The van der Waals surface area contributed by atoms with E-state index in [9.17, 15) is 0 Å². The molecule has 2 heterocycles. The van der Waals surface area contributed by atoms with Crippen LogP contribution < -0.4 is 11.1 Å². The second kappa shape index (κ2) is 5.14. The molecule has 0 saturated heterocycles. The number of nitrogens with two attached hydrogens (primary N) is 1. The fraction of sp³-hybridized carbons (Fsp3) is 0.364. The van der Waals surface area contributed by atoms with E-state index < -0.39 is 0 Å². The van der Waals surface area contributed by atoms with E-state index in [2.05, 4.69) is 10.4 Å². The number of nitrogens with one attached hydrogen (secondary N) is 1. The largest absolute Gasteiger partial charge is 0.398 e. The lowest BCUT2D eigenvalue weighted by atomic mass is 10.2. The van der Waals surface area contributed by atoms with Gasteiger partial charge in [0.05, 0.1) is 6.20 Å². The summed E-state index contributed by atoms with van der Waals surface area (Å²) in [6.45, 7) is 1.80. The van der Waals surface area contributed by atoms with Crippen molar-refractivity contribution in [3.05, 3.63) is 34.3 Å². The molecule has 0 aliphatic carbocycles. The Morgan fingerprint density at radius 3 is 3.06 bits per heavy atom. The third kappa shape index (κ3) is 2.84. The summed E-state index contributed by atoms with van der Waals surface area (Å²) in [7, 11) is 1.93. The molecule has 3 N–H and O–H groups in total. The van der Waals surface area contributed by atoms with Crippen molar-refractivity contribution < 1.29 is 0 Å². The van der Waals surface area contributed by atoms with E-state index in [-0.39, 0.29) is 0 Å². The molecule has 2 aromatic rings. The molecule has 0 fully saturated rings. The molecular weight excluding hydrogens is 220 g/mol. The Labute approximate surface area is 99.1 Å². The molecule has 0 spiro atoms. The fourth-order valence-corrected chi connectivity index (χ4v) is 2.30. The highest BCUT2D eigenvalue weighted by atomic mass is 32.1. The number of nitrogen functional groups attached to an aromatic ring is 1. The van der Waals surface area contributed by atoms with Crippen LogP contribution in [0, 0.1) is 0 Å². The number of hydrogen-bond donors (Lipinski definition) is 2. The predicted octanol–water partition coefficient (Wildman–Crippen LogP) is 1.40. The van der Waals surface area contributed by atoms with Crippen molar-refractivity contribution in [2.24, 2.45) is 7.05 Å². The van der Waals surface area contributed by atoms with Crippen LogP contribution >= 0.6 is 11.3 Å². The maximum atomic E-state index is 5.79. The first kappa shape index (κ1) is 11.2. The van der Waals surface area contributed by atoms with Crippen LogP contribution in [0.1, 0.15) is 10.4 Å². The van der Waals surface area contributed by atoms with Gasteiger partial charge in [-0.05, 0) is 30.0 Å². The minimum Gasteiger partial charge on any atom is -0.398 e. The Balaban J connectivity index is 1.71. The van der Waals surface area contributed by atoms with E-state index in [1.54, 1.807) is 11.3 Å². The molecule has 5 heteroatoms. The lowest BCUT2D eigenvalue weighted by molar-refractivity contribution is 0.693. The van der Waals surface area contributed by atoms with Crippen molar-refractivity contribution in [1.29, 1.82) is 0 Å². The molecule has 4 nitrogen and oxygen atoms in total. The average Bonchev–Trinajstić information content (AvgIpc) is 2.83. The summed E-state index contributed by atoms with van der Waals surface area (Å²) in [4.78, 5) is 1.21. The molecule has 0 atom stereocenters. The van der Waals surface area contributed by atoms with E-state index in [4.69, 9.17) is 5.73 Å². The third-order valence-electron chi connectivity index (χ3n) is 2.41. The van der Waals surface area contributed by atoms with Gasteiger partial charge in [0.25, 0.3) is 0 Å². The monoisotopic (exact) mass is 236 g/mol. The second-order valence-corrected chi connectivity index (χ2v) is 4.75. The van der Waals surface area contributed by atoms with Crippen molar-refractivity contribution in [1.82, 2.24) is 15.1 Å². The van der Waals surface area contributed by atoms with Crippen molar-refractivity contribution in [2.45, 2.75) is 13.0 Å². The van der Waals surface area contributed by atoms with Crippen molar-refractivity contribution >= 4 is 17.0 Å². The second-order valence-electron chi connectivity index (χ2n) is 3.75. The molecule has 2 rings (SSSR count). The maximum absolute atomic E-state index is 5.79. The van der Waals surface area contributed by atoms with Crippen LogP contribution in [-0.2, 0) is 20.0 Å². The summed E-state index contributed by atoms with van der Waals surface area (Å²) in [6, 6.07) is 1.95. The molecule has 0 bridgehead atoms. The smallest absolute Gasteiger partial charge is 0.0522 e. The Morgan fingerprint density at radius 1 is 1.56 bits per heavy atom. The zero-order valence-corrected chi connectivity index (χ0v) is 10.1. The van der Waals surface area contributed by atoms with Crippen LogP contribution in [0.4, 0.5) is 5.69 Å². The number of hydrogen-bond acceptors (Lipinski definition) is 4. The van der Waals surface area contributed by atoms with Crippen molar-refractivity contribution in [3.63, 3.8) is 0 Å². The minimum absolute atomic E-state index is 0.851. The highest BCUT2D eigenvalue weighted by Gasteiger charge is 2.00. The average molecular weight is 236 g/mol. The molecule has 0 saturated carbocycles.